The molecule has 0 saturated heterocycles. The Labute approximate surface area is 95.7 Å². The average molecular weight is 241 g/mol. The van der Waals surface area contributed by atoms with Gasteiger partial charge in [-0.3, -0.25) is 4.79 Å². The maximum Gasteiger partial charge on any atom is 0.240 e. The summed E-state index contributed by atoms with van der Waals surface area (Å²) >= 11 is 0. The second kappa shape index (κ2) is 5.23. The summed E-state index contributed by atoms with van der Waals surface area (Å²) in [5, 5.41) is 0. The molecule has 0 fully saturated rings. The van der Waals surface area contributed by atoms with Crippen molar-refractivity contribution in [3.8, 4) is 0 Å². The molecular weight excluding hydrogens is 226 g/mol. The van der Waals surface area contributed by atoms with Crippen molar-refractivity contribution < 1.29 is 13.2 Å². The number of hydrogen-bond donors (Lipinski definition) is 1. The largest absolute Gasteiger partial charge is 0.299 e. The summed E-state index contributed by atoms with van der Waals surface area (Å²) in [4.78, 5) is 11.5. The highest BCUT2D eigenvalue weighted by atomic mass is 32.2. The first-order chi connectivity index (χ1) is 7.51. The molecule has 16 heavy (non-hydrogen) atoms. The Balaban J connectivity index is 3.16. The number of rotatable bonds is 5. The number of hydrogen-bond acceptors (Lipinski definition) is 3. The Hall–Kier alpha value is -1.20. The summed E-state index contributed by atoms with van der Waals surface area (Å²) < 4.78 is 25.6. The van der Waals surface area contributed by atoms with Gasteiger partial charge in [-0.2, -0.15) is 0 Å². The fraction of sp³-hybridized carbons (Fsp3) is 0.364. The molecule has 0 aromatic heterocycles. The highest BCUT2D eigenvalue weighted by Crippen LogP contribution is 2.16. The van der Waals surface area contributed by atoms with E-state index in [9.17, 15) is 13.2 Å². The van der Waals surface area contributed by atoms with Gasteiger partial charge in [0.15, 0.2) is 0 Å². The van der Waals surface area contributed by atoms with E-state index >= 15 is 0 Å². The van der Waals surface area contributed by atoms with E-state index in [0.717, 1.165) is 0 Å². The predicted octanol–water partition coefficient (Wildman–Crippen LogP) is 1.12. The first-order valence-electron chi connectivity index (χ1n) is 5.04. The van der Waals surface area contributed by atoms with Gasteiger partial charge >= 0.3 is 0 Å². The molecule has 1 N–H and O–H groups in total. The zero-order chi connectivity index (χ0) is 12.2. The Morgan fingerprint density at radius 2 is 1.94 bits per heavy atom. The van der Waals surface area contributed by atoms with Crippen molar-refractivity contribution >= 4 is 15.8 Å². The van der Waals surface area contributed by atoms with Crippen molar-refractivity contribution in [3.63, 3.8) is 0 Å². The Morgan fingerprint density at radius 3 is 2.50 bits per heavy atom. The van der Waals surface area contributed by atoms with E-state index < -0.39 is 10.0 Å². The minimum atomic E-state index is -3.48. The number of benzene rings is 1. The third-order valence-corrected chi connectivity index (χ3v) is 3.83. The van der Waals surface area contributed by atoms with Crippen LogP contribution in [0.4, 0.5) is 0 Å². The minimum absolute atomic E-state index is 0.0266. The van der Waals surface area contributed by atoms with Crippen LogP contribution in [0.2, 0.25) is 0 Å². The van der Waals surface area contributed by atoms with Crippen molar-refractivity contribution in [2.75, 3.05) is 7.05 Å². The predicted molar refractivity (Wildman–Crippen MR) is 61.7 cm³/mol. The summed E-state index contributed by atoms with van der Waals surface area (Å²) in [6, 6.07) is 6.54. The first-order valence-corrected chi connectivity index (χ1v) is 6.52. The van der Waals surface area contributed by atoms with E-state index in [1.165, 1.54) is 13.1 Å². The average Bonchev–Trinajstić information content (AvgIpc) is 2.29. The van der Waals surface area contributed by atoms with Gasteiger partial charge in [-0.25, -0.2) is 13.1 Å². The van der Waals surface area contributed by atoms with Crippen molar-refractivity contribution in [1.82, 2.24) is 4.72 Å². The molecule has 0 amide bonds. The number of carbonyl (C=O) groups excluding carboxylic acids is 1. The SMILES string of the molecule is CCC(=O)Cc1ccccc1S(=O)(=O)NC. The Kier molecular flexibility index (Phi) is 4.20. The van der Waals surface area contributed by atoms with Crippen LogP contribution < -0.4 is 4.72 Å². The van der Waals surface area contributed by atoms with E-state index in [4.69, 9.17) is 0 Å². The lowest BCUT2D eigenvalue weighted by Gasteiger charge is -2.08. The number of sulfonamides is 1. The van der Waals surface area contributed by atoms with Gasteiger partial charge < -0.3 is 0 Å². The summed E-state index contributed by atoms with van der Waals surface area (Å²) in [7, 11) is -2.13. The van der Waals surface area contributed by atoms with Crippen molar-refractivity contribution in [2.24, 2.45) is 0 Å². The smallest absolute Gasteiger partial charge is 0.240 e. The molecule has 0 unspecified atom stereocenters. The number of ketones is 1. The van der Waals surface area contributed by atoms with Gasteiger partial charge in [0.2, 0.25) is 10.0 Å². The van der Waals surface area contributed by atoms with E-state index in [2.05, 4.69) is 4.72 Å². The Morgan fingerprint density at radius 1 is 1.31 bits per heavy atom. The molecule has 0 saturated carbocycles. The van der Waals surface area contributed by atoms with Gasteiger partial charge in [-0.05, 0) is 18.7 Å². The molecule has 0 spiro atoms. The molecule has 0 atom stereocenters. The van der Waals surface area contributed by atoms with Crippen LogP contribution in [0.1, 0.15) is 18.9 Å². The first kappa shape index (κ1) is 12.9. The lowest BCUT2D eigenvalue weighted by molar-refractivity contribution is -0.118. The normalized spacial score (nSPS) is 11.4. The zero-order valence-corrected chi connectivity index (χ0v) is 10.2. The van der Waals surface area contributed by atoms with Crippen molar-refractivity contribution in [3.05, 3.63) is 29.8 Å². The van der Waals surface area contributed by atoms with Crippen LogP contribution >= 0.6 is 0 Å². The third-order valence-electron chi connectivity index (χ3n) is 2.31. The minimum Gasteiger partial charge on any atom is -0.299 e. The van der Waals surface area contributed by atoms with Gasteiger partial charge in [-0.15, -0.1) is 0 Å². The highest BCUT2D eigenvalue weighted by molar-refractivity contribution is 7.89. The van der Waals surface area contributed by atoms with Crippen LogP contribution in [-0.2, 0) is 21.2 Å². The molecule has 88 valence electrons. The standard InChI is InChI=1S/C11H15NO3S/c1-3-10(13)8-9-6-4-5-7-11(9)16(14,15)12-2/h4-7,12H,3,8H2,1-2H3. The van der Waals surface area contributed by atoms with Crippen LogP contribution in [-0.4, -0.2) is 21.2 Å². The second-order valence-electron chi connectivity index (χ2n) is 3.38. The molecule has 1 aromatic rings. The van der Waals surface area contributed by atoms with Gasteiger partial charge in [0, 0.05) is 12.8 Å². The van der Waals surface area contributed by atoms with E-state index in [1.807, 2.05) is 0 Å². The van der Waals surface area contributed by atoms with Crippen molar-refractivity contribution in [2.45, 2.75) is 24.7 Å². The highest BCUT2D eigenvalue weighted by Gasteiger charge is 2.16. The topological polar surface area (TPSA) is 63.2 Å². The molecule has 5 heteroatoms. The van der Waals surface area contributed by atoms with Gasteiger partial charge in [0.25, 0.3) is 0 Å². The molecule has 0 heterocycles. The lowest BCUT2D eigenvalue weighted by Crippen LogP contribution is -2.20. The molecule has 0 radical (unpaired) electrons. The number of nitrogens with one attached hydrogen (secondary N) is 1. The molecule has 0 aliphatic rings. The van der Waals surface area contributed by atoms with Crippen LogP contribution in [0.3, 0.4) is 0 Å². The molecule has 1 aromatic carbocycles. The molecular formula is C11H15NO3S. The number of carbonyl (C=O) groups is 1. The summed E-state index contributed by atoms with van der Waals surface area (Å²) in [5.41, 5.74) is 0.545. The van der Waals surface area contributed by atoms with E-state index in [0.29, 0.717) is 12.0 Å². The fourth-order valence-electron chi connectivity index (χ4n) is 1.36. The van der Waals surface area contributed by atoms with Crippen LogP contribution in [0.5, 0.6) is 0 Å². The molecule has 0 bridgehead atoms. The van der Waals surface area contributed by atoms with Gasteiger partial charge in [-0.1, -0.05) is 25.1 Å². The quantitative estimate of drug-likeness (QED) is 0.840. The van der Waals surface area contributed by atoms with Gasteiger partial charge in [0.05, 0.1) is 4.90 Å². The monoisotopic (exact) mass is 241 g/mol. The van der Waals surface area contributed by atoms with Crippen LogP contribution in [0, 0.1) is 0 Å². The van der Waals surface area contributed by atoms with Crippen LogP contribution in [0.25, 0.3) is 0 Å². The third kappa shape index (κ3) is 2.90. The Bertz CT molecular complexity index is 480. The number of Topliss-reactive ketones (excluding diaryl/α,β-unsaturated/α-hetero) is 1. The molecule has 4 nitrogen and oxygen atoms in total. The fourth-order valence-corrected chi connectivity index (χ4v) is 2.32. The maximum absolute atomic E-state index is 11.7. The van der Waals surface area contributed by atoms with Gasteiger partial charge in [0.1, 0.15) is 5.78 Å². The second-order valence-corrected chi connectivity index (χ2v) is 5.24. The molecule has 1 rings (SSSR count). The van der Waals surface area contributed by atoms with E-state index in [-0.39, 0.29) is 17.1 Å². The molecule has 0 aliphatic heterocycles. The van der Waals surface area contributed by atoms with Crippen molar-refractivity contribution in [1.29, 1.82) is 0 Å². The lowest BCUT2D eigenvalue weighted by atomic mass is 10.1. The zero-order valence-electron chi connectivity index (χ0n) is 9.36. The summed E-state index contributed by atoms with van der Waals surface area (Å²) in [6.45, 7) is 1.76. The maximum atomic E-state index is 11.7. The van der Waals surface area contributed by atoms with E-state index in [1.54, 1.807) is 25.1 Å². The molecule has 0 aliphatic carbocycles. The summed E-state index contributed by atoms with van der Waals surface area (Å²) in [6.07, 6.45) is 0.571. The van der Waals surface area contributed by atoms with Crippen LogP contribution in [0.15, 0.2) is 29.2 Å². The summed E-state index contributed by atoms with van der Waals surface area (Å²) in [5.74, 6) is 0.0266.